The molecule has 2 fully saturated rings. The van der Waals surface area contributed by atoms with Crippen LogP contribution >= 0.6 is 0 Å². The van der Waals surface area contributed by atoms with Crippen LogP contribution in [0.4, 0.5) is 0 Å². The number of aliphatic carboxylic acids is 1. The average Bonchev–Trinajstić information content (AvgIpc) is 2.98. The molecule has 3 rings (SSSR count). The number of ether oxygens (including phenoxy) is 1. The molecule has 2 bridgehead atoms. The van der Waals surface area contributed by atoms with Crippen molar-refractivity contribution in [3.8, 4) is 0 Å². The Morgan fingerprint density at radius 2 is 1.68 bits per heavy atom. The molecule has 0 aromatic rings. The van der Waals surface area contributed by atoms with Crippen LogP contribution < -0.4 is 0 Å². The molecule has 0 radical (unpaired) electrons. The summed E-state index contributed by atoms with van der Waals surface area (Å²) in [5, 5.41) is 9.30. The molecule has 0 unspecified atom stereocenters. The zero-order valence-electron chi connectivity index (χ0n) is 10.9. The summed E-state index contributed by atoms with van der Waals surface area (Å²) < 4.78 is 5.54. The van der Waals surface area contributed by atoms with Crippen molar-refractivity contribution >= 4 is 11.9 Å². The van der Waals surface area contributed by atoms with Gasteiger partial charge in [-0.25, -0.2) is 0 Å². The second kappa shape index (κ2) is 4.61. The van der Waals surface area contributed by atoms with Crippen molar-refractivity contribution in [3.05, 3.63) is 12.2 Å². The summed E-state index contributed by atoms with van der Waals surface area (Å²) in [5.74, 6) is -2.31. The van der Waals surface area contributed by atoms with Crippen molar-refractivity contribution in [1.82, 2.24) is 9.80 Å². The molecule has 1 amide bonds. The van der Waals surface area contributed by atoms with Crippen LogP contribution in [0.25, 0.3) is 0 Å². The van der Waals surface area contributed by atoms with E-state index in [4.69, 9.17) is 4.74 Å². The molecular weight excluding hydrogens is 248 g/mol. The molecule has 19 heavy (non-hydrogen) atoms. The molecule has 0 saturated carbocycles. The molecule has 6 heteroatoms. The van der Waals surface area contributed by atoms with Crippen LogP contribution in [0.1, 0.15) is 0 Å². The van der Waals surface area contributed by atoms with Gasteiger partial charge in [0.2, 0.25) is 5.91 Å². The molecular formula is C13H18N2O4. The van der Waals surface area contributed by atoms with Crippen molar-refractivity contribution in [2.45, 2.75) is 12.2 Å². The van der Waals surface area contributed by atoms with E-state index in [1.807, 2.05) is 13.1 Å². The van der Waals surface area contributed by atoms with E-state index in [2.05, 4.69) is 4.90 Å². The van der Waals surface area contributed by atoms with Crippen molar-refractivity contribution in [3.63, 3.8) is 0 Å². The van der Waals surface area contributed by atoms with Gasteiger partial charge in [0.15, 0.2) is 0 Å². The smallest absolute Gasteiger partial charge is 0.310 e. The van der Waals surface area contributed by atoms with Gasteiger partial charge in [-0.05, 0) is 7.05 Å². The van der Waals surface area contributed by atoms with E-state index < -0.39 is 23.9 Å². The molecule has 3 aliphatic heterocycles. The monoisotopic (exact) mass is 266 g/mol. The number of piperazine rings is 1. The normalized spacial score (nSPS) is 37.8. The fraction of sp³-hybridized carbons (Fsp3) is 0.692. The molecule has 0 spiro atoms. The molecule has 104 valence electrons. The Balaban J connectivity index is 1.75. The van der Waals surface area contributed by atoms with Gasteiger partial charge in [0.25, 0.3) is 0 Å². The van der Waals surface area contributed by atoms with E-state index in [9.17, 15) is 14.7 Å². The highest BCUT2D eigenvalue weighted by atomic mass is 16.5. The van der Waals surface area contributed by atoms with Crippen molar-refractivity contribution in [2.24, 2.45) is 11.8 Å². The molecule has 1 N–H and O–H groups in total. The van der Waals surface area contributed by atoms with E-state index in [1.54, 1.807) is 11.0 Å². The minimum absolute atomic E-state index is 0.0719. The van der Waals surface area contributed by atoms with Gasteiger partial charge in [0.1, 0.15) is 5.92 Å². The fourth-order valence-electron chi connectivity index (χ4n) is 3.13. The first-order valence-corrected chi connectivity index (χ1v) is 6.62. The van der Waals surface area contributed by atoms with Gasteiger partial charge in [-0.15, -0.1) is 0 Å². The Morgan fingerprint density at radius 1 is 1.11 bits per heavy atom. The first-order chi connectivity index (χ1) is 9.08. The highest BCUT2D eigenvalue weighted by Gasteiger charge is 2.54. The van der Waals surface area contributed by atoms with Gasteiger partial charge in [0.05, 0.1) is 18.1 Å². The topological polar surface area (TPSA) is 70.1 Å². The van der Waals surface area contributed by atoms with Crippen molar-refractivity contribution < 1.29 is 19.4 Å². The summed E-state index contributed by atoms with van der Waals surface area (Å²) in [4.78, 5) is 27.8. The third-order valence-electron chi connectivity index (χ3n) is 4.28. The van der Waals surface area contributed by atoms with E-state index in [1.165, 1.54) is 0 Å². The molecule has 6 nitrogen and oxygen atoms in total. The van der Waals surface area contributed by atoms with Gasteiger partial charge in [-0.2, -0.15) is 0 Å². The Hall–Kier alpha value is -1.40. The first kappa shape index (κ1) is 12.6. The highest BCUT2D eigenvalue weighted by molar-refractivity contribution is 5.87. The third-order valence-corrected chi connectivity index (χ3v) is 4.28. The summed E-state index contributed by atoms with van der Waals surface area (Å²) in [6.07, 6.45) is 2.78. The third kappa shape index (κ3) is 2.04. The van der Waals surface area contributed by atoms with E-state index in [-0.39, 0.29) is 12.0 Å². The minimum atomic E-state index is -0.940. The lowest BCUT2D eigenvalue weighted by Gasteiger charge is -2.35. The molecule has 4 atom stereocenters. The van der Waals surface area contributed by atoms with Gasteiger partial charge in [-0.3, -0.25) is 9.59 Å². The minimum Gasteiger partial charge on any atom is -0.481 e. The lowest BCUT2D eigenvalue weighted by Crippen LogP contribution is -2.52. The zero-order valence-corrected chi connectivity index (χ0v) is 10.9. The number of rotatable bonds is 2. The zero-order chi connectivity index (χ0) is 13.6. The number of likely N-dealkylation sites (N-methyl/N-ethyl adjacent to an activating group) is 1. The molecule has 2 saturated heterocycles. The van der Waals surface area contributed by atoms with Crippen LogP contribution in [0.2, 0.25) is 0 Å². The lowest BCUT2D eigenvalue weighted by atomic mass is 9.82. The number of carbonyl (C=O) groups is 2. The number of nitrogens with zero attached hydrogens (tertiary/aromatic N) is 2. The number of hydrogen-bond acceptors (Lipinski definition) is 4. The van der Waals surface area contributed by atoms with Crippen molar-refractivity contribution in [2.75, 3.05) is 33.2 Å². The average molecular weight is 266 g/mol. The van der Waals surface area contributed by atoms with Crippen LogP contribution in [0, 0.1) is 11.8 Å². The summed E-state index contributed by atoms with van der Waals surface area (Å²) >= 11 is 0. The molecule has 0 aromatic carbocycles. The van der Waals surface area contributed by atoms with Gasteiger partial charge in [0, 0.05) is 26.2 Å². The van der Waals surface area contributed by atoms with Crippen LogP contribution in [0.15, 0.2) is 12.2 Å². The highest BCUT2D eigenvalue weighted by Crippen LogP contribution is 2.40. The molecule has 0 aliphatic carbocycles. The van der Waals surface area contributed by atoms with Crippen LogP contribution in [0.3, 0.4) is 0 Å². The SMILES string of the molecule is CN1CCN(C(=O)[C@H]2[C@@H](C(=O)O)[C@H]3C=C[C@H]2O3)CC1. The lowest BCUT2D eigenvalue weighted by molar-refractivity contribution is -0.150. The predicted molar refractivity (Wildman–Crippen MR) is 66.5 cm³/mol. The van der Waals surface area contributed by atoms with Crippen molar-refractivity contribution in [1.29, 1.82) is 0 Å². The van der Waals surface area contributed by atoms with E-state index in [0.29, 0.717) is 13.1 Å². The maximum atomic E-state index is 12.5. The molecule has 0 aromatic heterocycles. The summed E-state index contributed by atoms with van der Waals surface area (Å²) in [6, 6.07) is 0. The Labute approximate surface area is 111 Å². The summed E-state index contributed by atoms with van der Waals surface area (Å²) in [7, 11) is 2.02. The molecule has 3 heterocycles. The molecule has 3 aliphatic rings. The Kier molecular flexibility index (Phi) is 3.06. The number of amides is 1. The van der Waals surface area contributed by atoms with Gasteiger partial charge >= 0.3 is 5.97 Å². The summed E-state index contributed by atoms with van der Waals surface area (Å²) in [6.45, 7) is 3.00. The largest absolute Gasteiger partial charge is 0.481 e. The second-order valence-electron chi connectivity index (χ2n) is 5.47. The van der Waals surface area contributed by atoms with Crippen LogP contribution in [-0.4, -0.2) is 72.2 Å². The second-order valence-corrected chi connectivity index (χ2v) is 5.47. The number of hydrogen-bond donors (Lipinski definition) is 1. The standard InChI is InChI=1S/C13H18N2O4/c1-14-4-6-15(7-5-14)12(16)10-8-2-3-9(19-8)11(10)13(17)18/h2-3,8-11H,4-7H2,1H3,(H,17,18)/t8-,9-,10-,11+/m1/s1. The number of fused-ring (bicyclic) bond motifs is 2. The van der Waals surface area contributed by atoms with Crippen LogP contribution in [-0.2, 0) is 14.3 Å². The van der Waals surface area contributed by atoms with E-state index >= 15 is 0 Å². The predicted octanol–water partition coefficient (Wildman–Crippen LogP) is -0.585. The number of carboxylic acids is 1. The fourth-order valence-corrected chi connectivity index (χ4v) is 3.13. The number of carboxylic acid groups (broad SMARTS) is 1. The Morgan fingerprint density at radius 3 is 2.26 bits per heavy atom. The van der Waals surface area contributed by atoms with E-state index in [0.717, 1.165) is 13.1 Å². The van der Waals surface area contributed by atoms with Gasteiger partial charge < -0.3 is 19.6 Å². The Bertz CT molecular complexity index is 428. The maximum absolute atomic E-state index is 12.5. The first-order valence-electron chi connectivity index (χ1n) is 6.62. The quantitative estimate of drug-likeness (QED) is 0.677. The maximum Gasteiger partial charge on any atom is 0.310 e. The number of carbonyl (C=O) groups excluding carboxylic acids is 1. The summed E-state index contributed by atoms with van der Waals surface area (Å²) in [5.41, 5.74) is 0. The van der Waals surface area contributed by atoms with Gasteiger partial charge in [-0.1, -0.05) is 12.2 Å². The van der Waals surface area contributed by atoms with Crippen LogP contribution in [0.5, 0.6) is 0 Å².